The topological polar surface area (TPSA) is 57.6 Å². The lowest BCUT2D eigenvalue weighted by molar-refractivity contribution is -0.188. The fourth-order valence-electron chi connectivity index (χ4n) is 3.77. The Labute approximate surface area is 143 Å². The molecule has 0 saturated carbocycles. The lowest BCUT2D eigenvalue weighted by atomic mass is 9.90. The number of aliphatic carboxylic acids is 1. The number of hydrogen-bond acceptors (Lipinski definition) is 2. The molecule has 1 saturated heterocycles. The average Bonchev–Trinajstić information content (AvgIpc) is 3.01. The number of nitrogens with zero attached hydrogens (tertiary/aromatic N) is 1. The molecule has 0 bridgehead atoms. The molecule has 1 N–H and O–H groups in total. The van der Waals surface area contributed by atoms with Crippen molar-refractivity contribution >= 4 is 11.9 Å². The van der Waals surface area contributed by atoms with Gasteiger partial charge in [0.25, 0.3) is 0 Å². The fraction of sp³-hybridized carbons (Fsp3) is 0.556. The second-order valence-electron chi connectivity index (χ2n) is 6.88. The summed E-state index contributed by atoms with van der Waals surface area (Å²) in [6, 6.07) is 5.78. The van der Waals surface area contributed by atoms with E-state index in [2.05, 4.69) is 0 Å². The summed E-state index contributed by atoms with van der Waals surface area (Å²) in [6.07, 6.45) is -0.395. The van der Waals surface area contributed by atoms with Crippen LogP contribution in [0.2, 0.25) is 0 Å². The van der Waals surface area contributed by atoms with Crippen molar-refractivity contribution in [2.45, 2.75) is 38.3 Å². The van der Waals surface area contributed by atoms with Gasteiger partial charge in [0, 0.05) is 13.1 Å². The van der Waals surface area contributed by atoms with Crippen molar-refractivity contribution in [2.24, 2.45) is 11.8 Å². The molecule has 136 valence electrons. The number of halogens is 3. The minimum Gasteiger partial charge on any atom is -0.481 e. The van der Waals surface area contributed by atoms with Crippen LogP contribution in [0.4, 0.5) is 13.2 Å². The van der Waals surface area contributed by atoms with Gasteiger partial charge in [0.1, 0.15) is 0 Å². The quantitative estimate of drug-likeness (QED) is 0.907. The van der Waals surface area contributed by atoms with Crippen LogP contribution < -0.4 is 0 Å². The SMILES string of the molecule is O=C(O)[C@@H]1CN(C(=O)Cc2ccc3c(c2)CCCC3)C[C@H]1C(F)(F)F. The van der Waals surface area contributed by atoms with Gasteiger partial charge in [-0.3, -0.25) is 9.59 Å². The molecule has 4 nitrogen and oxygen atoms in total. The number of alkyl halides is 3. The van der Waals surface area contributed by atoms with Gasteiger partial charge in [-0.25, -0.2) is 0 Å². The van der Waals surface area contributed by atoms with Gasteiger partial charge in [-0.2, -0.15) is 13.2 Å². The summed E-state index contributed by atoms with van der Waals surface area (Å²) in [7, 11) is 0. The molecular weight excluding hydrogens is 335 g/mol. The van der Waals surface area contributed by atoms with Crippen molar-refractivity contribution in [1.29, 1.82) is 0 Å². The third-order valence-electron chi connectivity index (χ3n) is 5.18. The molecule has 1 aliphatic carbocycles. The number of benzene rings is 1. The molecule has 2 atom stereocenters. The summed E-state index contributed by atoms with van der Waals surface area (Å²) in [5.74, 6) is -5.55. The first-order valence-corrected chi connectivity index (χ1v) is 8.43. The fourth-order valence-corrected chi connectivity index (χ4v) is 3.77. The first kappa shape index (κ1) is 17.8. The number of carbonyl (C=O) groups is 2. The van der Waals surface area contributed by atoms with Crippen LogP contribution >= 0.6 is 0 Å². The molecular formula is C18H20F3NO3. The Morgan fingerprint density at radius 1 is 1.12 bits per heavy atom. The monoisotopic (exact) mass is 355 g/mol. The third-order valence-corrected chi connectivity index (χ3v) is 5.18. The van der Waals surface area contributed by atoms with Crippen LogP contribution in [-0.4, -0.2) is 41.1 Å². The molecule has 1 aromatic rings. The Hall–Kier alpha value is -2.05. The predicted molar refractivity (Wildman–Crippen MR) is 84.0 cm³/mol. The third kappa shape index (κ3) is 3.80. The van der Waals surface area contributed by atoms with Gasteiger partial charge in [-0.15, -0.1) is 0 Å². The van der Waals surface area contributed by atoms with E-state index in [0.717, 1.165) is 36.1 Å². The first-order chi connectivity index (χ1) is 11.8. The lowest BCUT2D eigenvalue weighted by Gasteiger charge is -2.19. The van der Waals surface area contributed by atoms with Crippen LogP contribution in [0.25, 0.3) is 0 Å². The summed E-state index contributed by atoms with van der Waals surface area (Å²) in [6.45, 7) is -0.965. The van der Waals surface area contributed by atoms with Crippen molar-refractivity contribution in [3.8, 4) is 0 Å². The number of rotatable bonds is 3. The second kappa shape index (κ2) is 6.69. The van der Waals surface area contributed by atoms with Gasteiger partial charge in [0.05, 0.1) is 18.3 Å². The summed E-state index contributed by atoms with van der Waals surface area (Å²) >= 11 is 0. The zero-order valence-electron chi connectivity index (χ0n) is 13.7. The van der Waals surface area contributed by atoms with Crippen molar-refractivity contribution < 1.29 is 27.9 Å². The molecule has 0 radical (unpaired) electrons. The van der Waals surface area contributed by atoms with E-state index in [4.69, 9.17) is 5.11 Å². The molecule has 1 heterocycles. The molecule has 0 aromatic heterocycles. The standard InChI is InChI=1S/C18H20F3NO3/c19-18(20,21)15-10-22(9-14(15)17(24)25)16(23)8-11-5-6-12-3-1-2-4-13(12)7-11/h5-7,14-15H,1-4,8-10H2,(H,24,25)/t14-,15-/m1/s1. The van der Waals surface area contributed by atoms with Crippen molar-refractivity contribution in [3.63, 3.8) is 0 Å². The van der Waals surface area contributed by atoms with Crippen molar-refractivity contribution in [3.05, 3.63) is 34.9 Å². The maximum Gasteiger partial charge on any atom is 0.394 e. The van der Waals surface area contributed by atoms with Crippen LogP contribution in [0.15, 0.2) is 18.2 Å². The van der Waals surface area contributed by atoms with E-state index >= 15 is 0 Å². The highest BCUT2D eigenvalue weighted by Gasteiger charge is 2.53. The Kier molecular flexibility index (Phi) is 4.75. The zero-order valence-corrected chi connectivity index (χ0v) is 13.7. The molecule has 1 aliphatic heterocycles. The van der Waals surface area contributed by atoms with Crippen LogP contribution in [0.3, 0.4) is 0 Å². The van der Waals surface area contributed by atoms with E-state index in [1.807, 2.05) is 18.2 Å². The maximum atomic E-state index is 13.0. The van der Waals surface area contributed by atoms with Gasteiger partial charge in [0.15, 0.2) is 0 Å². The second-order valence-corrected chi connectivity index (χ2v) is 6.88. The molecule has 25 heavy (non-hydrogen) atoms. The van der Waals surface area contributed by atoms with Crippen LogP contribution in [-0.2, 0) is 28.9 Å². The molecule has 2 aliphatic rings. The Morgan fingerprint density at radius 3 is 2.40 bits per heavy atom. The van der Waals surface area contributed by atoms with Crippen LogP contribution in [0.5, 0.6) is 0 Å². The minimum atomic E-state index is -4.62. The number of carbonyl (C=O) groups excluding carboxylic acids is 1. The number of likely N-dealkylation sites (tertiary alicyclic amines) is 1. The first-order valence-electron chi connectivity index (χ1n) is 8.43. The Morgan fingerprint density at radius 2 is 1.80 bits per heavy atom. The largest absolute Gasteiger partial charge is 0.481 e. The van der Waals surface area contributed by atoms with Crippen LogP contribution in [0, 0.1) is 11.8 Å². The summed E-state index contributed by atoms with van der Waals surface area (Å²) in [5, 5.41) is 9.03. The van der Waals surface area contributed by atoms with Gasteiger partial charge in [0.2, 0.25) is 5.91 Å². The van der Waals surface area contributed by atoms with Crippen molar-refractivity contribution in [2.75, 3.05) is 13.1 Å². The minimum absolute atomic E-state index is 0.00416. The molecule has 0 spiro atoms. The number of carboxylic acid groups (broad SMARTS) is 1. The molecule has 3 rings (SSSR count). The van der Waals surface area contributed by atoms with Gasteiger partial charge in [-0.05, 0) is 42.4 Å². The molecule has 0 unspecified atom stereocenters. The number of fused-ring (bicyclic) bond motifs is 1. The van der Waals surface area contributed by atoms with E-state index in [1.54, 1.807) is 0 Å². The van der Waals surface area contributed by atoms with Gasteiger partial charge in [-0.1, -0.05) is 18.2 Å². The highest BCUT2D eigenvalue weighted by Crippen LogP contribution is 2.38. The van der Waals surface area contributed by atoms with Gasteiger partial charge >= 0.3 is 12.1 Å². The van der Waals surface area contributed by atoms with E-state index in [9.17, 15) is 22.8 Å². The Bertz CT molecular complexity index is 687. The Balaban J connectivity index is 1.70. The normalized spacial score (nSPS) is 23.4. The highest BCUT2D eigenvalue weighted by atomic mass is 19.4. The smallest absolute Gasteiger partial charge is 0.394 e. The summed E-state index contributed by atoms with van der Waals surface area (Å²) < 4.78 is 39.1. The van der Waals surface area contributed by atoms with E-state index < -0.39 is 36.4 Å². The molecule has 1 amide bonds. The highest BCUT2D eigenvalue weighted by molar-refractivity contribution is 5.81. The number of carboxylic acids is 1. The van der Waals surface area contributed by atoms with E-state index in [1.165, 1.54) is 11.1 Å². The maximum absolute atomic E-state index is 13.0. The zero-order chi connectivity index (χ0) is 18.2. The number of amides is 1. The molecule has 1 fully saturated rings. The summed E-state index contributed by atoms with van der Waals surface area (Å²) in [4.78, 5) is 24.5. The van der Waals surface area contributed by atoms with E-state index in [0.29, 0.717) is 0 Å². The number of hydrogen-bond donors (Lipinski definition) is 1. The average molecular weight is 355 g/mol. The molecule has 7 heteroatoms. The number of aryl methyl sites for hydroxylation is 2. The predicted octanol–water partition coefficient (Wildman–Crippen LogP) is 2.83. The van der Waals surface area contributed by atoms with Crippen molar-refractivity contribution in [1.82, 2.24) is 4.90 Å². The lowest BCUT2D eigenvalue weighted by Crippen LogP contribution is -2.34. The molecule has 1 aromatic carbocycles. The van der Waals surface area contributed by atoms with Crippen LogP contribution in [0.1, 0.15) is 29.5 Å². The van der Waals surface area contributed by atoms with E-state index in [-0.39, 0.29) is 13.0 Å². The van der Waals surface area contributed by atoms with Gasteiger partial charge < -0.3 is 10.0 Å². The summed E-state index contributed by atoms with van der Waals surface area (Å²) in [5.41, 5.74) is 3.24.